The molecule has 0 unspecified atom stereocenters. The third-order valence-corrected chi connectivity index (χ3v) is 6.49. The van der Waals surface area contributed by atoms with Gasteiger partial charge >= 0.3 is 0 Å². The molecule has 0 saturated heterocycles. The Morgan fingerprint density at radius 3 is 2.64 bits per heavy atom. The molecule has 1 amide bonds. The molecule has 10 heteroatoms. The number of fused-ring (bicyclic) bond motifs is 2. The van der Waals surface area contributed by atoms with Crippen molar-refractivity contribution in [2.75, 3.05) is 12.4 Å². The molecular weight excluding hydrogens is 497 g/mol. The highest BCUT2D eigenvalue weighted by molar-refractivity contribution is 6.00. The van der Waals surface area contributed by atoms with Crippen molar-refractivity contribution in [1.82, 2.24) is 30.1 Å². The number of pyridine rings is 3. The van der Waals surface area contributed by atoms with Gasteiger partial charge < -0.3 is 15.0 Å². The second kappa shape index (κ2) is 9.64. The molecule has 0 bridgehead atoms. The topological polar surface area (TPSA) is 121 Å². The highest BCUT2D eigenvalue weighted by atomic mass is 19.1. The molecule has 6 rings (SSSR count). The van der Waals surface area contributed by atoms with Crippen LogP contribution in [0.15, 0.2) is 67.3 Å². The van der Waals surface area contributed by atoms with Crippen LogP contribution in [-0.4, -0.2) is 43.2 Å². The fraction of sp³-hybridized carbons (Fsp3) is 0.138. The van der Waals surface area contributed by atoms with Crippen LogP contribution in [0.2, 0.25) is 0 Å². The number of halogens is 1. The van der Waals surface area contributed by atoms with E-state index in [0.29, 0.717) is 28.3 Å². The molecule has 0 spiro atoms. The molecule has 0 fully saturated rings. The number of rotatable bonds is 6. The average molecular weight is 522 g/mol. The van der Waals surface area contributed by atoms with Crippen LogP contribution in [-0.2, 0) is 4.79 Å². The smallest absolute Gasteiger partial charge is 0.226 e. The van der Waals surface area contributed by atoms with Gasteiger partial charge in [-0.3, -0.25) is 14.9 Å². The number of carbonyl (C=O) groups is 1. The van der Waals surface area contributed by atoms with Crippen LogP contribution in [0.4, 0.5) is 10.1 Å². The van der Waals surface area contributed by atoms with Crippen LogP contribution in [0, 0.1) is 11.7 Å². The van der Waals surface area contributed by atoms with Gasteiger partial charge in [-0.2, -0.15) is 5.10 Å². The first-order valence-electron chi connectivity index (χ1n) is 12.3. The van der Waals surface area contributed by atoms with Crippen molar-refractivity contribution in [1.29, 1.82) is 0 Å². The molecular formula is C29H24FN7O2. The monoisotopic (exact) mass is 521 g/mol. The number of amides is 1. The highest BCUT2D eigenvalue weighted by Gasteiger charge is 2.16. The zero-order valence-corrected chi connectivity index (χ0v) is 21.4. The maximum absolute atomic E-state index is 14.3. The molecule has 9 nitrogen and oxygen atoms in total. The Kier molecular flexibility index (Phi) is 5.99. The number of ether oxygens (including phenoxy) is 1. The molecule has 0 aliphatic carbocycles. The largest absolute Gasteiger partial charge is 0.497 e. The minimum Gasteiger partial charge on any atom is -0.497 e. The standard InChI is InChI=1S/C29H24FN7O2/c1-15(2)29(38)34-20-7-17(12-31-14-20)18-9-24-26(36-37-28(24)33-13-18)25-11-23-22(4-5-32-27(23)35-25)16-6-19(30)10-21(8-16)39-3/h4-15H,1-3H3,(H,32,35)(H,34,38)(H,33,36,37). The number of methoxy groups -OCH3 is 1. The third-order valence-electron chi connectivity index (χ3n) is 6.49. The maximum Gasteiger partial charge on any atom is 0.226 e. The van der Waals surface area contributed by atoms with Gasteiger partial charge in [0.05, 0.1) is 30.4 Å². The lowest BCUT2D eigenvalue weighted by molar-refractivity contribution is -0.118. The predicted octanol–water partition coefficient (Wildman–Crippen LogP) is 5.97. The number of nitrogens with zero attached hydrogens (tertiary/aromatic N) is 4. The molecule has 0 aliphatic rings. The summed E-state index contributed by atoms with van der Waals surface area (Å²) in [4.78, 5) is 28.8. The van der Waals surface area contributed by atoms with Crippen LogP contribution in [0.3, 0.4) is 0 Å². The van der Waals surface area contributed by atoms with Crippen LogP contribution < -0.4 is 10.1 Å². The summed E-state index contributed by atoms with van der Waals surface area (Å²) in [6.45, 7) is 3.67. The van der Waals surface area contributed by atoms with Crippen molar-refractivity contribution in [3.63, 3.8) is 0 Å². The number of anilines is 1. The third kappa shape index (κ3) is 4.56. The maximum atomic E-state index is 14.3. The summed E-state index contributed by atoms with van der Waals surface area (Å²) < 4.78 is 19.5. The Bertz CT molecular complexity index is 1860. The van der Waals surface area contributed by atoms with Crippen LogP contribution in [0.5, 0.6) is 5.75 Å². The summed E-state index contributed by atoms with van der Waals surface area (Å²) in [5.41, 5.74) is 6.42. The molecule has 0 aliphatic heterocycles. The SMILES string of the molecule is COc1cc(F)cc(-c2ccnc3[nH]c(-c4[nH]nc5ncc(-c6cncc(NC(=O)C(C)C)c6)cc45)cc23)c1. The van der Waals surface area contributed by atoms with Crippen molar-refractivity contribution < 1.29 is 13.9 Å². The van der Waals surface area contributed by atoms with E-state index in [0.717, 1.165) is 38.9 Å². The van der Waals surface area contributed by atoms with Gasteiger partial charge in [-0.1, -0.05) is 13.8 Å². The van der Waals surface area contributed by atoms with E-state index in [9.17, 15) is 9.18 Å². The van der Waals surface area contributed by atoms with E-state index in [4.69, 9.17) is 4.74 Å². The van der Waals surface area contributed by atoms with Crippen molar-refractivity contribution in [3.8, 4) is 39.4 Å². The lowest BCUT2D eigenvalue weighted by Crippen LogP contribution is -2.17. The summed E-state index contributed by atoms with van der Waals surface area (Å²) in [6.07, 6.45) is 6.74. The van der Waals surface area contributed by atoms with E-state index in [-0.39, 0.29) is 17.6 Å². The zero-order valence-electron chi connectivity index (χ0n) is 21.4. The molecule has 0 atom stereocenters. The molecule has 0 saturated carbocycles. The number of hydrogen-bond donors (Lipinski definition) is 3. The number of benzene rings is 1. The van der Waals surface area contributed by atoms with Gasteiger partial charge in [0, 0.05) is 52.5 Å². The van der Waals surface area contributed by atoms with Gasteiger partial charge in [-0.15, -0.1) is 0 Å². The van der Waals surface area contributed by atoms with Gasteiger partial charge in [-0.25, -0.2) is 14.4 Å². The number of H-pyrrole nitrogens is 2. The van der Waals surface area contributed by atoms with E-state index < -0.39 is 0 Å². The Balaban J connectivity index is 1.41. The molecule has 5 heterocycles. The normalized spacial score (nSPS) is 11.4. The highest BCUT2D eigenvalue weighted by Crippen LogP contribution is 2.35. The molecule has 1 aromatic carbocycles. The van der Waals surface area contributed by atoms with Gasteiger partial charge in [0.15, 0.2) is 5.65 Å². The second-order valence-electron chi connectivity index (χ2n) is 9.48. The van der Waals surface area contributed by atoms with E-state index >= 15 is 0 Å². The Labute approximate surface area is 222 Å². The average Bonchev–Trinajstić information content (AvgIpc) is 3.56. The van der Waals surface area contributed by atoms with Gasteiger partial charge in [0.2, 0.25) is 5.91 Å². The number of hydrogen-bond acceptors (Lipinski definition) is 6. The first-order chi connectivity index (χ1) is 18.9. The molecule has 39 heavy (non-hydrogen) atoms. The molecule has 3 N–H and O–H groups in total. The second-order valence-corrected chi connectivity index (χ2v) is 9.48. The first-order valence-corrected chi connectivity index (χ1v) is 12.3. The number of nitrogens with one attached hydrogen (secondary N) is 3. The molecule has 5 aromatic heterocycles. The fourth-order valence-corrected chi connectivity index (χ4v) is 4.47. The van der Waals surface area contributed by atoms with Crippen LogP contribution >= 0.6 is 0 Å². The minimum absolute atomic E-state index is 0.0804. The van der Waals surface area contributed by atoms with E-state index in [1.165, 1.54) is 19.2 Å². The summed E-state index contributed by atoms with van der Waals surface area (Å²) in [5.74, 6) is -0.172. The summed E-state index contributed by atoms with van der Waals surface area (Å²) in [5, 5.41) is 12.0. The predicted molar refractivity (Wildman–Crippen MR) is 148 cm³/mol. The zero-order chi connectivity index (χ0) is 27.1. The van der Waals surface area contributed by atoms with E-state index in [1.54, 1.807) is 30.9 Å². The van der Waals surface area contributed by atoms with Crippen molar-refractivity contribution in [3.05, 3.63) is 73.1 Å². The lowest BCUT2D eigenvalue weighted by Gasteiger charge is -2.09. The Hall–Kier alpha value is -5.12. The number of carbonyl (C=O) groups excluding carboxylic acids is 1. The molecule has 0 radical (unpaired) electrons. The van der Waals surface area contributed by atoms with Crippen molar-refractivity contribution in [2.45, 2.75) is 13.8 Å². The lowest BCUT2D eigenvalue weighted by atomic mass is 10.0. The minimum atomic E-state index is -0.384. The summed E-state index contributed by atoms with van der Waals surface area (Å²) in [6, 6.07) is 12.2. The quantitative estimate of drug-likeness (QED) is 0.248. The fourth-order valence-electron chi connectivity index (χ4n) is 4.47. The number of aromatic amines is 2. The first kappa shape index (κ1) is 24.2. The van der Waals surface area contributed by atoms with Crippen molar-refractivity contribution >= 4 is 33.7 Å². The molecule has 194 valence electrons. The van der Waals surface area contributed by atoms with Crippen LogP contribution in [0.1, 0.15) is 13.8 Å². The van der Waals surface area contributed by atoms with E-state index in [1.807, 2.05) is 38.1 Å². The van der Waals surface area contributed by atoms with Gasteiger partial charge in [0.25, 0.3) is 0 Å². The van der Waals surface area contributed by atoms with Gasteiger partial charge in [-0.05, 0) is 47.5 Å². The molecule has 6 aromatic rings. The van der Waals surface area contributed by atoms with E-state index in [2.05, 4.69) is 35.5 Å². The Morgan fingerprint density at radius 1 is 0.974 bits per heavy atom. The van der Waals surface area contributed by atoms with Crippen molar-refractivity contribution in [2.24, 2.45) is 5.92 Å². The Morgan fingerprint density at radius 2 is 1.82 bits per heavy atom. The summed E-state index contributed by atoms with van der Waals surface area (Å²) >= 11 is 0. The van der Waals surface area contributed by atoms with Gasteiger partial charge in [0.1, 0.15) is 17.2 Å². The van der Waals surface area contributed by atoms with Crippen LogP contribution in [0.25, 0.3) is 55.7 Å². The number of aromatic nitrogens is 6. The summed E-state index contributed by atoms with van der Waals surface area (Å²) in [7, 11) is 1.51.